The summed E-state index contributed by atoms with van der Waals surface area (Å²) >= 11 is 0. The molecule has 0 radical (unpaired) electrons. The third-order valence-corrected chi connectivity index (χ3v) is 3.69. The molecule has 0 bridgehead atoms. The molecule has 14 heavy (non-hydrogen) atoms. The van der Waals surface area contributed by atoms with Gasteiger partial charge in [-0.1, -0.05) is 30.9 Å². The fourth-order valence-electron chi connectivity index (χ4n) is 1.56. The van der Waals surface area contributed by atoms with Gasteiger partial charge in [-0.25, -0.2) is 0 Å². The highest BCUT2D eigenvalue weighted by molar-refractivity contribution is 5.25. The Bertz CT molecular complexity index is 286. The molecular formula is C14H24. The number of rotatable bonds is 2. The van der Waals surface area contributed by atoms with Gasteiger partial charge in [0.05, 0.1) is 0 Å². The predicted octanol–water partition coefficient (Wildman–Crippen LogP) is 4.42. The summed E-state index contributed by atoms with van der Waals surface area (Å²) in [6.07, 6.45) is 0. The van der Waals surface area contributed by atoms with E-state index < -0.39 is 0 Å². The van der Waals surface area contributed by atoms with E-state index >= 15 is 0 Å². The molecule has 0 fully saturated rings. The van der Waals surface area contributed by atoms with Crippen LogP contribution in [-0.4, -0.2) is 0 Å². The minimum Gasteiger partial charge on any atom is -0.106 e. The van der Waals surface area contributed by atoms with Crippen molar-refractivity contribution in [3.63, 3.8) is 0 Å². The molecule has 0 aliphatic carbocycles. The lowest BCUT2D eigenvalue weighted by Gasteiger charge is -2.39. The number of allylic oxidation sites excluding steroid dienone is 2. The van der Waals surface area contributed by atoms with Crippen LogP contribution in [0.1, 0.15) is 55.4 Å². The molecule has 0 N–H and O–H groups in total. The van der Waals surface area contributed by atoms with E-state index in [4.69, 9.17) is 0 Å². The van der Waals surface area contributed by atoms with Gasteiger partial charge in [-0.3, -0.25) is 0 Å². The number of hydrogen-bond acceptors (Lipinski definition) is 0. The summed E-state index contributed by atoms with van der Waals surface area (Å²) in [5, 5.41) is 0. The van der Waals surface area contributed by atoms with Gasteiger partial charge in [-0.15, -0.1) is 5.92 Å². The van der Waals surface area contributed by atoms with Crippen LogP contribution < -0.4 is 0 Å². The quantitative estimate of drug-likeness (QED) is 0.449. The van der Waals surface area contributed by atoms with Crippen LogP contribution in [0.15, 0.2) is 11.1 Å². The van der Waals surface area contributed by atoms with Crippen LogP contribution in [0.25, 0.3) is 0 Å². The summed E-state index contributed by atoms with van der Waals surface area (Å²) in [5.41, 5.74) is 3.02. The van der Waals surface area contributed by atoms with Gasteiger partial charge in [-0.05, 0) is 41.5 Å². The first kappa shape index (κ1) is 13.3. The summed E-state index contributed by atoms with van der Waals surface area (Å²) in [4.78, 5) is 0. The standard InChI is InChI=1S/C14H24/c1-9-10-13(5,6)14(7,8)12(4)11(2)3/h1-8H3. The van der Waals surface area contributed by atoms with Crippen molar-refractivity contribution in [1.29, 1.82) is 0 Å². The first-order valence-corrected chi connectivity index (χ1v) is 5.25. The molecule has 0 aromatic heterocycles. The first-order chi connectivity index (χ1) is 6.16. The average Bonchev–Trinajstić information content (AvgIpc) is 2.02. The molecule has 80 valence electrons. The largest absolute Gasteiger partial charge is 0.106 e. The lowest BCUT2D eigenvalue weighted by Crippen LogP contribution is -2.32. The molecule has 0 aromatic carbocycles. The van der Waals surface area contributed by atoms with Crippen LogP contribution >= 0.6 is 0 Å². The van der Waals surface area contributed by atoms with Crippen molar-refractivity contribution in [1.82, 2.24) is 0 Å². The minimum absolute atomic E-state index is 0.0309. The SMILES string of the molecule is CC#CC(C)(C)C(C)(C)C(C)=C(C)C. The fraction of sp³-hybridized carbons (Fsp3) is 0.714. The van der Waals surface area contributed by atoms with Gasteiger partial charge < -0.3 is 0 Å². The van der Waals surface area contributed by atoms with Gasteiger partial charge >= 0.3 is 0 Å². The van der Waals surface area contributed by atoms with E-state index in [2.05, 4.69) is 60.3 Å². The van der Waals surface area contributed by atoms with Crippen molar-refractivity contribution >= 4 is 0 Å². The Balaban J connectivity index is 5.33. The molecule has 0 heterocycles. The zero-order chi connectivity index (χ0) is 11.6. The first-order valence-electron chi connectivity index (χ1n) is 5.25. The van der Waals surface area contributed by atoms with E-state index in [1.807, 2.05) is 6.92 Å². The molecule has 0 nitrogen and oxygen atoms in total. The molecule has 0 aromatic rings. The summed E-state index contributed by atoms with van der Waals surface area (Å²) in [6, 6.07) is 0. The Labute approximate surface area is 89.8 Å². The molecule has 0 heteroatoms. The maximum Gasteiger partial charge on any atom is 0.0346 e. The van der Waals surface area contributed by atoms with Gasteiger partial charge in [0.2, 0.25) is 0 Å². The van der Waals surface area contributed by atoms with Gasteiger partial charge in [-0.2, -0.15) is 0 Å². The molecule has 0 aliphatic heterocycles. The Morgan fingerprint density at radius 2 is 1.36 bits per heavy atom. The van der Waals surface area contributed by atoms with Crippen LogP contribution in [-0.2, 0) is 0 Å². The van der Waals surface area contributed by atoms with Crippen molar-refractivity contribution in [2.45, 2.75) is 55.4 Å². The lowest BCUT2D eigenvalue weighted by molar-refractivity contribution is 0.226. The lowest BCUT2D eigenvalue weighted by atomic mass is 9.63. The molecule has 0 aliphatic rings. The van der Waals surface area contributed by atoms with Crippen molar-refractivity contribution < 1.29 is 0 Å². The van der Waals surface area contributed by atoms with Crippen LogP contribution in [0.2, 0.25) is 0 Å². The summed E-state index contributed by atoms with van der Waals surface area (Å²) in [6.45, 7) is 17.5. The number of hydrogen-bond donors (Lipinski definition) is 0. The monoisotopic (exact) mass is 192 g/mol. The van der Waals surface area contributed by atoms with Gasteiger partial charge in [0.25, 0.3) is 0 Å². The van der Waals surface area contributed by atoms with Crippen molar-refractivity contribution in [2.24, 2.45) is 10.8 Å². The van der Waals surface area contributed by atoms with E-state index in [1.54, 1.807) is 0 Å². The molecule has 0 amide bonds. The van der Waals surface area contributed by atoms with Crippen LogP contribution in [0.4, 0.5) is 0 Å². The van der Waals surface area contributed by atoms with Crippen LogP contribution in [0, 0.1) is 22.7 Å². The predicted molar refractivity (Wildman–Crippen MR) is 65.1 cm³/mol. The summed E-state index contributed by atoms with van der Waals surface area (Å²) in [7, 11) is 0. The van der Waals surface area contributed by atoms with E-state index in [0.29, 0.717) is 0 Å². The molecule has 0 rings (SSSR count). The van der Waals surface area contributed by atoms with Crippen molar-refractivity contribution in [3.05, 3.63) is 11.1 Å². The molecule has 0 spiro atoms. The molecular weight excluding hydrogens is 168 g/mol. The molecule has 0 atom stereocenters. The van der Waals surface area contributed by atoms with Crippen LogP contribution in [0.5, 0.6) is 0 Å². The second kappa shape index (κ2) is 4.22. The zero-order valence-electron chi connectivity index (χ0n) is 11.0. The third kappa shape index (κ3) is 2.41. The third-order valence-electron chi connectivity index (χ3n) is 3.69. The second-order valence-electron chi connectivity index (χ2n) is 5.25. The maximum absolute atomic E-state index is 3.31. The smallest absolute Gasteiger partial charge is 0.0346 e. The van der Waals surface area contributed by atoms with Gasteiger partial charge in [0, 0.05) is 10.8 Å². The Morgan fingerprint density at radius 3 is 1.64 bits per heavy atom. The van der Waals surface area contributed by atoms with Crippen molar-refractivity contribution in [3.8, 4) is 11.8 Å². The Morgan fingerprint density at radius 1 is 0.929 bits per heavy atom. The molecule has 0 saturated carbocycles. The van der Waals surface area contributed by atoms with E-state index in [9.17, 15) is 0 Å². The van der Waals surface area contributed by atoms with E-state index in [0.717, 1.165) is 0 Å². The minimum atomic E-state index is 0.0309. The van der Waals surface area contributed by atoms with Crippen molar-refractivity contribution in [2.75, 3.05) is 0 Å². The summed E-state index contributed by atoms with van der Waals surface area (Å²) < 4.78 is 0. The fourth-order valence-corrected chi connectivity index (χ4v) is 1.56. The Kier molecular flexibility index (Phi) is 4.01. The second-order valence-corrected chi connectivity index (χ2v) is 5.25. The highest BCUT2D eigenvalue weighted by Crippen LogP contribution is 2.44. The normalized spacial score (nSPS) is 11.7. The highest BCUT2D eigenvalue weighted by atomic mass is 14.4. The molecule has 0 unspecified atom stereocenters. The zero-order valence-corrected chi connectivity index (χ0v) is 11.0. The topological polar surface area (TPSA) is 0 Å². The van der Waals surface area contributed by atoms with Crippen LogP contribution in [0.3, 0.4) is 0 Å². The highest BCUT2D eigenvalue weighted by Gasteiger charge is 2.37. The Hall–Kier alpha value is -0.700. The summed E-state index contributed by atoms with van der Waals surface area (Å²) in [5.74, 6) is 6.35. The van der Waals surface area contributed by atoms with Gasteiger partial charge in [0.1, 0.15) is 0 Å². The molecule has 0 saturated heterocycles. The van der Waals surface area contributed by atoms with Gasteiger partial charge in [0.15, 0.2) is 0 Å². The average molecular weight is 192 g/mol. The maximum atomic E-state index is 3.31. The van der Waals surface area contributed by atoms with E-state index in [1.165, 1.54) is 11.1 Å². The van der Waals surface area contributed by atoms with E-state index in [-0.39, 0.29) is 10.8 Å².